The number of benzene rings is 3. The molecule has 1 fully saturated rings. The van der Waals surface area contributed by atoms with Crippen molar-refractivity contribution in [3.63, 3.8) is 0 Å². The Balaban J connectivity index is 1.03. The van der Waals surface area contributed by atoms with Crippen LogP contribution in [0.1, 0.15) is 18.9 Å². The summed E-state index contributed by atoms with van der Waals surface area (Å²) in [6, 6.07) is 20.0. The number of rotatable bonds is 6. The number of carbonyl (C=O) groups is 2. The van der Waals surface area contributed by atoms with Gasteiger partial charge in [0, 0.05) is 60.1 Å². The number of nitrogens with zero attached hydrogens (tertiary/aromatic N) is 5. The lowest BCUT2D eigenvalue weighted by molar-refractivity contribution is -0.144. The molecule has 1 aliphatic rings. The summed E-state index contributed by atoms with van der Waals surface area (Å²) >= 11 is 5.96. The lowest BCUT2D eigenvalue weighted by atomic mass is 10.2. The first kappa shape index (κ1) is 28.3. The largest absolute Gasteiger partial charge is 0.454 e. The Hall–Kier alpha value is -4.87. The van der Waals surface area contributed by atoms with Crippen LogP contribution in [0, 0.1) is 5.82 Å². The third kappa shape index (κ3) is 6.18. The number of carbonyl (C=O) groups excluding carboxylic acids is 2. The van der Waals surface area contributed by atoms with Gasteiger partial charge in [0.15, 0.2) is 11.6 Å². The van der Waals surface area contributed by atoms with Gasteiger partial charge in [-0.2, -0.15) is 4.98 Å². The average molecular weight is 601 g/mol. The van der Waals surface area contributed by atoms with Crippen LogP contribution in [0.15, 0.2) is 83.5 Å². The number of para-hydroxylation sites is 1. The molecule has 3 heterocycles. The van der Waals surface area contributed by atoms with Gasteiger partial charge in [-0.3, -0.25) is 19.5 Å². The molecule has 43 heavy (non-hydrogen) atoms. The lowest BCUT2D eigenvalue weighted by Gasteiger charge is -2.36. The first-order valence-electron chi connectivity index (χ1n) is 13.6. The maximum atomic E-state index is 14.9. The predicted molar refractivity (Wildman–Crippen MR) is 158 cm³/mol. The fourth-order valence-corrected chi connectivity index (χ4v) is 4.98. The van der Waals surface area contributed by atoms with Crippen molar-refractivity contribution in [3.8, 4) is 22.9 Å². The molecule has 1 aliphatic heterocycles. The Bertz CT molecular complexity index is 1780. The Morgan fingerprint density at radius 1 is 1.00 bits per heavy atom. The van der Waals surface area contributed by atoms with Crippen molar-refractivity contribution in [1.29, 1.82) is 0 Å². The van der Waals surface area contributed by atoms with E-state index in [0.717, 1.165) is 22.5 Å². The van der Waals surface area contributed by atoms with E-state index in [1.54, 1.807) is 24.4 Å². The molecule has 1 N–H and O–H groups in total. The zero-order chi connectivity index (χ0) is 29.9. The standard InChI is InChI=1S/C31H26ClFN6O4/c1-19(30-36-28(37-43-30)20-6-8-21(32)9-7-20)38-14-16-39(17-15-38)31(41)29(40)35-22-10-11-27(24(33)18-22)42-26-12-13-34-25-5-3-2-4-23(25)26/h2-13,18-19H,14-17H2,1H3,(H,35,40). The molecule has 1 atom stereocenters. The average Bonchev–Trinajstić information content (AvgIpc) is 3.53. The van der Waals surface area contributed by atoms with E-state index in [2.05, 4.69) is 25.3 Å². The van der Waals surface area contributed by atoms with E-state index >= 15 is 0 Å². The highest BCUT2D eigenvalue weighted by Gasteiger charge is 2.30. The normalized spacial score (nSPS) is 14.4. The van der Waals surface area contributed by atoms with Crippen molar-refractivity contribution in [2.24, 2.45) is 0 Å². The van der Waals surface area contributed by atoms with Gasteiger partial charge in [-0.05, 0) is 61.5 Å². The molecule has 0 saturated carbocycles. The molecule has 0 bridgehead atoms. The molecule has 0 spiro atoms. The molecule has 2 aromatic heterocycles. The summed E-state index contributed by atoms with van der Waals surface area (Å²) in [6.07, 6.45) is 1.58. The van der Waals surface area contributed by atoms with Crippen LogP contribution >= 0.6 is 11.6 Å². The van der Waals surface area contributed by atoms with Crippen LogP contribution in [0.4, 0.5) is 10.1 Å². The zero-order valence-corrected chi connectivity index (χ0v) is 23.8. The molecule has 1 unspecified atom stereocenters. The fourth-order valence-electron chi connectivity index (χ4n) is 4.86. The summed E-state index contributed by atoms with van der Waals surface area (Å²) in [4.78, 5) is 37.9. The summed E-state index contributed by atoms with van der Waals surface area (Å²) < 4.78 is 26.2. The van der Waals surface area contributed by atoms with Crippen molar-refractivity contribution in [3.05, 3.63) is 95.7 Å². The maximum absolute atomic E-state index is 14.9. The number of anilines is 1. The highest BCUT2D eigenvalue weighted by molar-refractivity contribution is 6.39. The monoisotopic (exact) mass is 600 g/mol. The molecular weight excluding hydrogens is 575 g/mol. The number of nitrogens with one attached hydrogen (secondary N) is 1. The van der Waals surface area contributed by atoms with Gasteiger partial charge in [0.1, 0.15) is 5.75 Å². The Labute approximate surface area is 251 Å². The number of hydrogen-bond donors (Lipinski definition) is 1. The number of fused-ring (bicyclic) bond motifs is 1. The summed E-state index contributed by atoms with van der Waals surface area (Å²) in [5, 5.41) is 7.92. The molecule has 6 rings (SSSR count). The summed E-state index contributed by atoms with van der Waals surface area (Å²) in [5.41, 5.74) is 1.65. The number of ether oxygens (including phenoxy) is 1. The minimum Gasteiger partial charge on any atom is -0.454 e. The van der Waals surface area contributed by atoms with E-state index in [0.29, 0.717) is 48.7 Å². The predicted octanol–water partition coefficient (Wildman–Crippen LogP) is 5.71. The Morgan fingerprint density at radius 2 is 1.77 bits per heavy atom. The van der Waals surface area contributed by atoms with Crippen LogP contribution in [0.3, 0.4) is 0 Å². The summed E-state index contributed by atoms with van der Waals surface area (Å²) in [6.45, 7) is 3.61. The molecule has 12 heteroatoms. The van der Waals surface area contributed by atoms with Crippen LogP contribution in [-0.2, 0) is 9.59 Å². The third-order valence-electron chi connectivity index (χ3n) is 7.26. The van der Waals surface area contributed by atoms with Gasteiger partial charge < -0.3 is 19.5 Å². The second-order valence-electron chi connectivity index (χ2n) is 9.99. The van der Waals surface area contributed by atoms with Gasteiger partial charge in [-0.15, -0.1) is 0 Å². The van der Waals surface area contributed by atoms with E-state index in [4.69, 9.17) is 20.9 Å². The maximum Gasteiger partial charge on any atom is 0.313 e. The van der Waals surface area contributed by atoms with E-state index in [1.807, 2.05) is 43.3 Å². The number of pyridine rings is 1. The smallest absolute Gasteiger partial charge is 0.313 e. The van der Waals surface area contributed by atoms with Crippen LogP contribution in [0.25, 0.3) is 22.3 Å². The Morgan fingerprint density at radius 3 is 2.53 bits per heavy atom. The van der Waals surface area contributed by atoms with Crippen LogP contribution in [0.2, 0.25) is 5.02 Å². The summed E-state index contributed by atoms with van der Waals surface area (Å²) in [5.74, 6) is -0.884. The number of halogens is 2. The summed E-state index contributed by atoms with van der Waals surface area (Å²) in [7, 11) is 0. The molecule has 218 valence electrons. The second kappa shape index (κ2) is 12.2. The fraction of sp³-hybridized carbons (Fsp3) is 0.194. The van der Waals surface area contributed by atoms with Crippen molar-refractivity contribution in [2.75, 3.05) is 31.5 Å². The van der Waals surface area contributed by atoms with Gasteiger partial charge in [0.05, 0.1) is 11.6 Å². The molecule has 3 aromatic carbocycles. The topological polar surface area (TPSA) is 114 Å². The number of aromatic nitrogens is 3. The van der Waals surface area contributed by atoms with E-state index in [9.17, 15) is 14.0 Å². The van der Waals surface area contributed by atoms with Gasteiger partial charge in [0.25, 0.3) is 0 Å². The van der Waals surface area contributed by atoms with Crippen molar-refractivity contribution in [1.82, 2.24) is 24.9 Å². The Kier molecular flexibility index (Phi) is 7.99. The number of hydrogen-bond acceptors (Lipinski definition) is 8. The molecule has 10 nitrogen and oxygen atoms in total. The van der Waals surface area contributed by atoms with Crippen molar-refractivity contribution >= 4 is 40.0 Å². The minimum absolute atomic E-state index is 0.0209. The second-order valence-corrected chi connectivity index (χ2v) is 10.4. The third-order valence-corrected chi connectivity index (χ3v) is 7.52. The number of amides is 2. The zero-order valence-electron chi connectivity index (χ0n) is 23.0. The van der Waals surface area contributed by atoms with Crippen LogP contribution < -0.4 is 10.1 Å². The van der Waals surface area contributed by atoms with Crippen LogP contribution in [0.5, 0.6) is 11.5 Å². The molecular formula is C31H26ClFN6O4. The highest BCUT2D eigenvalue weighted by atomic mass is 35.5. The van der Waals surface area contributed by atoms with Gasteiger partial charge in [-0.1, -0.05) is 28.9 Å². The first-order chi connectivity index (χ1) is 20.9. The van der Waals surface area contributed by atoms with E-state index in [1.165, 1.54) is 17.0 Å². The molecule has 5 aromatic rings. The minimum atomic E-state index is -0.848. The first-order valence-corrected chi connectivity index (χ1v) is 14.0. The molecule has 0 radical (unpaired) electrons. The molecule has 0 aliphatic carbocycles. The SMILES string of the molecule is CC(c1nc(-c2ccc(Cl)cc2)no1)N1CCN(C(=O)C(=O)Nc2ccc(Oc3ccnc4ccccc34)c(F)c2)CC1. The van der Waals surface area contributed by atoms with E-state index in [-0.39, 0.29) is 17.5 Å². The number of piperazine rings is 1. The lowest BCUT2D eigenvalue weighted by Crippen LogP contribution is -2.52. The van der Waals surface area contributed by atoms with Crippen molar-refractivity contribution < 1.29 is 23.2 Å². The van der Waals surface area contributed by atoms with E-state index < -0.39 is 17.6 Å². The quantitative estimate of drug-likeness (QED) is 0.246. The van der Waals surface area contributed by atoms with Gasteiger partial charge >= 0.3 is 11.8 Å². The molecule has 2 amide bonds. The highest BCUT2D eigenvalue weighted by Crippen LogP contribution is 2.31. The van der Waals surface area contributed by atoms with Crippen molar-refractivity contribution in [2.45, 2.75) is 13.0 Å². The van der Waals surface area contributed by atoms with Gasteiger partial charge in [0.2, 0.25) is 11.7 Å². The van der Waals surface area contributed by atoms with Crippen LogP contribution in [-0.4, -0.2) is 62.9 Å². The molecule has 1 saturated heterocycles. The van der Waals surface area contributed by atoms with Gasteiger partial charge in [-0.25, -0.2) is 4.39 Å².